The van der Waals surface area contributed by atoms with Gasteiger partial charge in [0, 0.05) is 45.0 Å². The molecule has 152 valence electrons. The van der Waals surface area contributed by atoms with Gasteiger partial charge in [-0.1, -0.05) is 30.3 Å². The summed E-state index contributed by atoms with van der Waals surface area (Å²) in [6.07, 6.45) is 7.88. The van der Waals surface area contributed by atoms with E-state index in [0.717, 1.165) is 32.4 Å². The second-order valence-electron chi connectivity index (χ2n) is 7.77. The number of likely N-dealkylation sites (tertiary alicyclic amines) is 1. The number of amides is 2. The molecule has 1 aromatic heterocycles. The second-order valence-corrected chi connectivity index (χ2v) is 7.77. The Balaban J connectivity index is 1.28. The van der Waals surface area contributed by atoms with E-state index < -0.39 is 0 Å². The highest BCUT2D eigenvalue weighted by Gasteiger charge is 2.30. The second kappa shape index (κ2) is 9.03. The van der Waals surface area contributed by atoms with E-state index in [1.165, 1.54) is 12.0 Å². The van der Waals surface area contributed by atoms with Crippen molar-refractivity contribution in [1.82, 2.24) is 20.2 Å². The quantitative estimate of drug-likeness (QED) is 0.813. The van der Waals surface area contributed by atoms with Gasteiger partial charge in [0.1, 0.15) is 0 Å². The van der Waals surface area contributed by atoms with Gasteiger partial charge in [-0.3, -0.25) is 9.59 Å². The number of nitrogens with zero attached hydrogens (tertiary/aromatic N) is 4. The maximum atomic E-state index is 12.5. The molecule has 7 heteroatoms. The third kappa shape index (κ3) is 4.91. The highest BCUT2D eigenvalue weighted by Crippen LogP contribution is 2.16. The summed E-state index contributed by atoms with van der Waals surface area (Å²) in [5.74, 6) is 0.546. The minimum atomic E-state index is -0.224. The molecule has 0 saturated carbocycles. The van der Waals surface area contributed by atoms with Gasteiger partial charge in [-0.2, -0.15) is 0 Å². The molecule has 0 aliphatic carbocycles. The monoisotopic (exact) mass is 393 g/mol. The number of hydrogen-bond acceptors (Lipinski definition) is 5. The summed E-state index contributed by atoms with van der Waals surface area (Å²) in [6, 6.07) is 9.94. The highest BCUT2D eigenvalue weighted by molar-refractivity contribution is 5.94. The average molecular weight is 393 g/mol. The van der Waals surface area contributed by atoms with Crippen LogP contribution < -0.4 is 10.2 Å². The van der Waals surface area contributed by atoms with Gasteiger partial charge in [-0.15, -0.1) is 0 Å². The molecule has 4 rings (SSSR count). The zero-order valence-electron chi connectivity index (χ0n) is 16.6. The fourth-order valence-corrected chi connectivity index (χ4v) is 3.96. The van der Waals surface area contributed by atoms with Crippen LogP contribution in [0.25, 0.3) is 0 Å². The highest BCUT2D eigenvalue weighted by atomic mass is 16.2. The average Bonchev–Trinajstić information content (AvgIpc) is 3.12. The summed E-state index contributed by atoms with van der Waals surface area (Å²) in [4.78, 5) is 37.6. The summed E-state index contributed by atoms with van der Waals surface area (Å²) in [5, 5.41) is 2.96. The summed E-state index contributed by atoms with van der Waals surface area (Å²) in [5.41, 5.74) is 1.64. The molecule has 0 bridgehead atoms. The van der Waals surface area contributed by atoms with E-state index in [0.29, 0.717) is 31.0 Å². The van der Waals surface area contributed by atoms with E-state index in [-0.39, 0.29) is 17.9 Å². The maximum absolute atomic E-state index is 12.5. The van der Waals surface area contributed by atoms with E-state index in [2.05, 4.69) is 32.3 Å². The molecule has 2 saturated heterocycles. The van der Waals surface area contributed by atoms with E-state index >= 15 is 0 Å². The van der Waals surface area contributed by atoms with Crippen molar-refractivity contribution in [3.05, 3.63) is 53.9 Å². The van der Waals surface area contributed by atoms with Gasteiger partial charge in [-0.05, 0) is 31.2 Å². The third-order valence-electron chi connectivity index (χ3n) is 5.60. The third-order valence-corrected chi connectivity index (χ3v) is 5.60. The van der Waals surface area contributed by atoms with Crippen LogP contribution >= 0.6 is 0 Å². The van der Waals surface area contributed by atoms with E-state index in [1.807, 2.05) is 23.1 Å². The molecule has 0 radical (unpaired) electrons. The fourth-order valence-electron chi connectivity index (χ4n) is 3.96. The maximum Gasteiger partial charge on any atom is 0.254 e. The zero-order chi connectivity index (χ0) is 20.1. The van der Waals surface area contributed by atoms with Crippen molar-refractivity contribution in [3.63, 3.8) is 0 Å². The predicted octanol–water partition coefficient (Wildman–Crippen LogP) is 2.04. The standard InChI is InChI=1S/C22H27N5O2/c28-20-13-19(16-27(20)12-9-17-7-3-1-4-8-17)25-21(29)18-14-23-22(24-15-18)26-10-5-2-6-11-26/h1,3-4,7-8,14-15,19H,2,5-6,9-13,16H2,(H,25,29)/t19-/m0/s1. The fraction of sp³-hybridized carbons (Fsp3) is 0.455. The Labute approximate surface area is 171 Å². The van der Waals surface area contributed by atoms with E-state index in [1.54, 1.807) is 12.4 Å². The molecular weight excluding hydrogens is 366 g/mol. The first-order valence-electron chi connectivity index (χ1n) is 10.4. The van der Waals surface area contributed by atoms with Crippen LogP contribution in [-0.4, -0.2) is 58.9 Å². The molecular formula is C22H27N5O2. The Kier molecular flexibility index (Phi) is 6.03. The van der Waals surface area contributed by atoms with Crippen LogP contribution in [0.4, 0.5) is 5.95 Å². The van der Waals surface area contributed by atoms with Crippen molar-refractivity contribution < 1.29 is 9.59 Å². The smallest absolute Gasteiger partial charge is 0.254 e. The lowest BCUT2D eigenvalue weighted by atomic mass is 10.1. The van der Waals surface area contributed by atoms with Crippen molar-refractivity contribution in [2.24, 2.45) is 0 Å². The van der Waals surface area contributed by atoms with Crippen molar-refractivity contribution in [1.29, 1.82) is 0 Å². The lowest BCUT2D eigenvalue weighted by Gasteiger charge is -2.26. The minimum Gasteiger partial charge on any atom is -0.347 e. The van der Waals surface area contributed by atoms with Crippen molar-refractivity contribution in [2.45, 2.75) is 38.1 Å². The van der Waals surface area contributed by atoms with E-state index in [9.17, 15) is 9.59 Å². The van der Waals surface area contributed by atoms with Crippen LogP contribution in [0.3, 0.4) is 0 Å². The molecule has 7 nitrogen and oxygen atoms in total. The van der Waals surface area contributed by atoms with E-state index in [4.69, 9.17) is 0 Å². The van der Waals surface area contributed by atoms with Crippen LogP contribution in [0.15, 0.2) is 42.7 Å². The molecule has 3 heterocycles. The SMILES string of the molecule is O=C(N[C@H]1CC(=O)N(CCc2ccccc2)C1)c1cnc(N2CCCCC2)nc1. The number of rotatable bonds is 6. The Morgan fingerprint density at radius 2 is 1.79 bits per heavy atom. The van der Waals surface area contributed by atoms with Gasteiger partial charge in [0.2, 0.25) is 11.9 Å². The number of carbonyl (C=O) groups excluding carboxylic acids is 2. The molecule has 1 aromatic carbocycles. The first-order valence-corrected chi connectivity index (χ1v) is 10.4. The molecule has 2 aliphatic rings. The number of anilines is 1. The van der Waals surface area contributed by atoms with Gasteiger partial charge in [0.25, 0.3) is 5.91 Å². The van der Waals surface area contributed by atoms with Crippen LogP contribution in [0.5, 0.6) is 0 Å². The Morgan fingerprint density at radius 1 is 1.07 bits per heavy atom. The Morgan fingerprint density at radius 3 is 2.52 bits per heavy atom. The normalized spacial score (nSPS) is 19.4. The molecule has 2 aliphatic heterocycles. The van der Waals surface area contributed by atoms with Gasteiger partial charge in [-0.25, -0.2) is 9.97 Å². The minimum absolute atomic E-state index is 0.0860. The first-order chi connectivity index (χ1) is 14.2. The van der Waals surface area contributed by atoms with Crippen molar-refractivity contribution in [2.75, 3.05) is 31.1 Å². The molecule has 2 aromatic rings. The largest absolute Gasteiger partial charge is 0.347 e. The van der Waals surface area contributed by atoms with Crippen LogP contribution in [0, 0.1) is 0 Å². The number of benzene rings is 1. The summed E-state index contributed by atoms with van der Waals surface area (Å²) in [6.45, 7) is 3.15. The van der Waals surface area contributed by atoms with Crippen molar-refractivity contribution >= 4 is 17.8 Å². The molecule has 1 N–H and O–H groups in total. The Bertz CT molecular complexity index is 834. The molecule has 2 fully saturated rings. The number of nitrogens with one attached hydrogen (secondary N) is 1. The summed E-state index contributed by atoms with van der Waals surface area (Å²) >= 11 is 0. The summed E-state index contributed by atoms with van der Waals surface area (Å²) < 4.78 is 0. The molecule has 0 spiro atoms. The van der Waals surface area contributed by atoms with Crippen LogP contribution in [0.1, 0.15) is 41.6 Å². The summed E-state index contributed by atoms with van der Waals surface area (Å²) in [7, 11) is 0. The van der Waals surface area contributed by atoms with Crippen LogP contribution in [-0.2, 0) is 11.2 Å². The predicted molar refractivity (Wildman–Crippen MR) is 111 cm³/mol. The molecule has 1 atom stereocenters. The van der Waals surface area contributed by atoms with Gasteiger partial charge in [0.15, 0.2) is 0 Å². The van der Waals surface area contributed by atoms with Crippen LogP contribution in [0.2, 0.25) is 0 Å². The van der Waals surface area contributed by atoms with Gasteiger partial charge < -0.3 is 15.1 Å². The lowest BCUT2D eigenvalue weighted by molar-refractivity contribution is -0.127. The molecule has 2 amide bonds. The van der Waals surface area contributed by atoms with Crippen molar-refractivity contribution in [3.8, 4) is 0 Å². The topological polar surface area (TPSA) is 78.4 Å². The number of hydrogen-bond donors (Lipinski definition) is 1. The number of aromatic nitrogens is 2. The number of carbonyl (C=O) groups is 2. The Hall–Kier alpha value is -2.96. The number of piperidine rings is 1. The van der Waals surface area contributed by atoms with Gasteiger partial charge >= 0.3 is 0 Å². The van der Waals surface area contributed by atoms with Gasteiger partial charge in [0.05, 0.1) is 11.6 Å². The molecule has 0 unspecified atom stereocenters. The molecule has 29 heavy (non-hydrogen) atoms. The first kappa shape index (κ1) is 19.4. The lowest BCUT2D eigenvalue weighted by Crippen LogP contribution is -2.37. The zero-order valence-corrected chi connectivity index (χ0v) is 16.6.